The molecule has 0 bridgehead atoms. The van der Waals surface area contributed by atoms with E-state index in [0.717, 1.165) is 11.3 Å². The van der Waals surface area contributed by atoms with Gasteiger partial charge in [0.2, 0.25) is 0 Å². The zero-order chi connectivity index (χ0) is 11.4. The molecule has 0 saturated heterocycles. The topological polar surface area (TPSA) is 62.7 Å². The van der Waals surface area contributed by atoms with E-state index < -0.39 is 0 Å². The third-order valence-corrected chi connectivity index (χ3v) is 2.78. The SMILES string of the molecule is C=Cn1cc(CNCc2csc(=O)[nH]2)cn1. The fourth-order valence-corrected chi connectivity index (χ4v) is 1.89. The Morgan fingerprint density at radius 3 is 3.12 bits per heavy atom. The van der Waals surface area contributed by atoms with Crippen molar-refractivity contribution in [3.05, 3.63) is 45.3 Å². The van der Waals surface area contributed by atoms with Crippen molar-refractivity contribution in [1.82, 2.24) is 20.1 Å². The summed E-state index contributed by atoms with van der Waals surface area (Å²) in [7, 11) is 0. The molecular weight excluding hydrogens is 224 g/mol. The first-order valence-corrected chi connectivity index (χ1v) is 5.69. The first-order chi connectivity index (χ1) is 7.78. The normalized spacial score (nSPS) is 10.5. The van der Waals surface area contributed by atoms with E-state index >= 15 is 0 Å². The van der Waals surface area contributed by atoms with Crippen molar-refractivity contribution in [2.24, 2.45) is 0 Å². The maximum Gasteiger partial charge on any atom is 0.304 e. The molecule has 0 aliphatic rings. The molecule has 5 nitrogen and oxygen atoms in total. The molecule has 0 aliphatic carbocycles. The number of H-pyrrole nitrogens is 1. The molecule has 0 aliphatic heterocycles. The Hall–Kier alpha value is -1.66. The minimum Gasteiger partial charge on any atom is -0.315 e. The van der Waals surface area contributed by atoms with Crippen molar-refractivity contribution >= 4 is 17.5 Å². The molecule has 2 heterocycles. The van der Waals surface area contributed by atoms with Gasteiger partial charge in [-0.2, -0.15) is 5.10 Å². The molecule has 0 amide bonds. The van der Waals surface area contributed by atoms with Crippen LogP contribution in [0.2, 0.25) is 0 Å². The van der Waals surface area contributed by atoms with E-state index in [1.54, 1.807) is 17.1 Å². The lowest BCUT2D eigenvalue weighted by molar-refractivity contribution is 0.681. The van der Waals surface area contributed by atoms with Crippen LogP contribution in [0.4, 0.5) is 0 Å². The van der Waals surface area contributed by atoms with E-state index in [1.807, 2.05) is 11.6 Å². The van der Waals surface area contributed by atoms with E-state index in [-0.39, 0.29) is 4.87 Å². The molecule has 6 heteroatoms. The molecule has 84 valence electrons. The summed E-state index contributed by atoms with van der Waals surface area (Å²) in [6.07, 6.45) is 5.32. The van der Waals surface area contributed by atoms with Gasteiger partial charge in [-0.15, -0.1) is 0 Å². The second-order valence-corrected chi connectivity index (χ2v) is 4.13. The molecule has 2 N–H and O–H groups in total. The molecule has 0 fully saturated rings. The van der Waals surface area contributed by atoms with Gasteiger partial charge in [-0.05, 0) is 0 Å². The highest BCUT2D eigenvalue weighted by molar-refractivity contribution is 7.07. The van der Waals surface area contributed by atoms with Crippen molar-refractivity contribution in [1.29, 1.82) is 0 Å². The van der Waals surface area contributed by atoms with Crippen LogP contribution in [0, 0.1) is 0 Å². The monoisotopic (exact) mass is 236 g/mol. The second kappa shape index (κ2) is 4.91. The lowest BCUT2D eigenvalue weighted by Gasteiger charge is -1.99. The Bertz CT molecular complexity index is 525. The Balaban J connectivity index is 1.83. The highest BCUT2D eigenvalue weighted by atomic mass is 32.1. The van der Waals surface area contributed by atoms with Crippen LogP contribution in [0.5, 0.6) is 0 Å². The van der Waals surface area contributed by atoms with Crippen molar-refractivity contribution in [2.45, 2.75) is 13.1 Å². The highest BCUT2D eigenvalue weighted by Gasteiger charge is 1.98. The maximum atomic E-state index is 10.9. The minimum atomic E-state index is -0.0173. The molecule has 0 unspecified atom stereocenters. The molecule has 0 radical (unpaired) electrons. The third kappa shape index (κ3) is 2.68. The van der Waals surface area contributed by atoms with Gasteiger partial charge in [0, 0.05) is 42.1 Å². The van der Waals surface area contributed by atoms with Crippen LogP contribution in [0.3, 0.4) is 0 Å². The summed E-state index contributed by atoms with van der Waals surface area (Å²) in [6.45, 7) is 4.98. The van der Waals surface area contributed by atoms with E-state index in [9.17, 15) is 4.79 Å². The molecule has 2 rings (SSSR count). The molecule has 16 heavy (non-hydrogen) atoms. The third-order valence-electron chi connectivity index (χ3n) is 2.06. The fourth-order valence-electron chi connectivity index (χ4n) is 1.31. The van der Waals surface area contributed by atoms with E-state index in [2.05, 4.69) is 22.0 Å². The number of hydrogen-bond donors (Lipinski definition) is 2. The van der Waals surface area contributed by atoms with Crippen LogP contribution in [0.25, 0.3) is 6.20 Å². The molecule has 0 spiro atoms. The Labute approximate surface area is 96.4 Å². The molecule has 0 saturated carbocycles. The summed E-state index contributed by atoms with van der Waals surface area (Å²) < 4.78 is 1.66. The van der Waals surface area contributed by atoms with E-state index in [0.29, 0.717) is 13.1 Å². The number of aromatic nitrogens is 3. The average Bonchev–Trinajstić information content (AvgIpc) is 2.88. The predicted octanol–water partition coefficient (Wildman–Crippen LogP) is 1.02. The summed E-state index contributed by atoms with van der Waals surface area (Å²) in [6, 6.07) is 0. The summed E-state index contributed by atoms with van der Waals surface area (Å²) in [5, 5.41) is 9.11. The van der Waals surface area contributed by atoms with Crippen LogP contribution in [-0.4, -0.2) is 14.8 Å². The van der Waals surface area contributed by atoms with Gasteiger partial charge in [0.05, 0.1) is 6.20 Å². The van der Waals surface area contributed by atoms with Crippen LogP contribution < -0.4 is 10.2 Å². The second-order valence-electron chi connectivity index (χ2n) is 3.29. The van der Waals surface area contributed by atoms with Gasteiger partial charge in [-0.1, -0.05) is 17.9 Å². The molecule has 0 atom stereocenters. The maximum absolute atomic E-state index is 10.9. The first-order valence-electron chi connectivity index (χ1n) is 4.81. The van der Waals surface area contributed by atoms with Gasteiger partial charge >= 0.3 is 4.87 Å². The Morgan fingerprint density at radius 1 is 1.62 bits per heavy atom. The number of thiazole rings is 1. The number of hydrogen-bond acceptors (Lipinski definition) is 4. The van der Waals surface area contributed by atoms with Crippen molar-refractivity contribution in [2.75, 3.05) is 0 Å². The summed E-state index contributed by atoms with van der Waals surface area (Å²) >= 11 is 1.18. The van der Waals surface area contributed by atoms with Crippen molar-refractivity contribution in [3.63, 3.8) is 0 Å². The molecule has 2 aromatic rings. The zero-order valence-electron chi connectivity index (χ0n) is 8.64. The van der Waals surface area contributed by atoms with E-state index in [1.165, 1.54) is 11.3 Å². The number of nitrogens with zero attached hydrogens (tertiary/aromatic N) is 2. The first kappa shape index (κ1) is 10.8. The molecule has 0 aromatic carbocycles. The van der Waals surface area contributed by atoms with Crippen LogP contribution in [0.1, 0.15) is 11.3 Å². The lowest BCUT2D eigenvalue weighted by atomic mass is 10.3. The van der Waals surface area contributed by atoms with Crippen LogP contribution >= 0.6 is 11.3 Å². The standard InChI is InChI=1S/C10H12N4OS/c1-2-14-6-8(4-12-14)3-11-5-9-7-16-10(15)13-9/h2,4,6-7,11H,1,3,5H2,(H,13,15). The Morgan fingerprint density at radius 2 is 2.50 bits per heavy atom. The highest BCUT2D eigenvalue weighted by Crippen LogP contribution is 1.99. The van der Waals surface area contributed by atoms with Gasteiger partial charge in [0.25, 0.3) is 0 Å². The average molecular weight is 236 g/mol. The number of nitrogens with one attached hydrogen (secondary N) is 2. The van der Waals surface area contributed by atoms with Gasteiger partial charge in [0.1, 0.15) is 0 Å². The van der Waals surface area contributed by atoms with Crippen LogP contribution in [-0.2, 0) is 13.1 Å². The minimum absolute atomic E-state index is 0.0173. The van der Waals surface area contributed by atoms with Gasteiger partial charge < -0.3 is 10.3 Å². The summed E-state index contributed by atoms with van der Waals surface area (Å²) in [4.78, 5) is 13.6. The number of rotatable bonds is 5. The number of aromatic amines is 1. The predicted molar refractivity (Wildman–Crippen MR) is 64.1 cm³/mol. The Kier molecular flexibility index (Phi) is 3.33. The molecule has 2 aromatic heterocycles. The van der Waals surface area contributed by atoms with Crippen molar-refractivity contribution < 1.29 is 0 Å². The largest absolute Gasteiger partial charge is 0.315 e. The lowest BCUT2D eigenvalue weighted by Crippen LogP contribution is -2.13. The van der Waals surface area contributed by atoms with E-state index in [4.69, 9.17) is 0 Å². The molecular formula is C10H12N4OS. The van der Waals surface area contributed by atoms with Gasteiger partial charge in [-0.25, -0.2) is 4.68 Å². The van der Waals surface area contributed by atoms with Gasteiger partial charge in [-0.3, -0.25) is 4.79 Å². The van der Waals surface area contributed by atoms with Gasteiger partial charge in [0.15, 0.2) is 0 Å². The quantitative estimate of drug-likeness (QED) is 0.815. The summed E-state index contributed by atoms with van der Waals surface area (Å²) in [5.41, 5.74) is 1.99. The smallest absolute Gasteiger partial charge is 0.304 e. The van der Waals surface area contributed by atoms with Crippen molar-refractivity contribution in [3.8, 4) is 0 Å². The zero-order valence-corrected chi connectivity index (χ0v) is 9.46. The van der Waals surface area contributed by atoms with Crippen LogP contribution in [0.15, 0.2) is 29.1 Å². The summed E-state index contributed by atoms with van der Waals surface area (Å²) in [5.74, 6) is 0. The fraction of sp³-hybridized carbons (Fsp3) is 0.200.